The van der Waals surface area contributed by atoms with Crippen LogP contribution in [-0.4, -0.2) is 69.3 Å². The summed E-state index contributed by atoms with van der Waals surface area (Å²) in [7, 11) is 1.89. The maximum absolute atomic E-state index is 14.4. The molecule has 4 aromatic rings. The fraction of sp³-hybridized carbons (Fsp3) is 0.382. The lowest BCUT2D eigenvalue weighted by molar-refractivity contribution is 0.0566. The van der Waals surface area contributed by atoms with Gasteiger partial charge in [0.1, 0.15) is 18.6 Å². The summed E-state index contributed by atoms with van der Waals surface area (Å²) < 4.78 is 55.8. The Morgan fingerprint density at radius 1 is 1.10 bits per heavy atom. The van der Waals surface area contributed by atoms with Gasteiger partial charge in [0.05, 0.1) is 30.6 Å². The standard InChI is InChI=1S/C28H26ClF3N8O3.C5H12.CH3F/c1-34-27(33)40(25(41)17-4-2-16(3-5-17)19-11-36-39(13-19)26(30)31)24(14-43-28(42)37-20-7-8-20)18-6-9-22(29)21(10-18)23-12-35-15-38(23)32;1-5(2,3)4;1-2/h2-6,9-13,15,20,24,26H,7-8,14H2,1H3,(H2,33,34)(H,37,42);1-4H3;1H3/t24-;;/m1../s1. The molecular weight excluding hydrogens is 680 g/mol. The molecule has 1 saturated carbocycles. The van der Waals surface area contributed by atoms with Crippen LogP contribution in [-0.2, 0) is 4.74 Å². The number of aliphatic imine (C=N–C) groups is 1. The maximum Gasteiger partial charge on any atom is 0.407 e. The van der Waals surface area contributed by atoms with Crippen LogP contribution in [0.4, 0.5) is 22.4 Å². The molecule has 0 bridgehead atoms. The quantitative estimate of drug-likeness (QED) is 0.103. The summed E-state index contributed by atoms with van der Waals surface area (Å²) in [5, 5.41) is 6.58. The minimum atomic E-state index is -2.79. The number of benzene rings is 2. The lowest BCUT2D eigenvalue weighted by Gasteiger charge is -2.31. The van der Waals surface area contributed by atoms with Crippen molar-refractivity contribution in [2.24, 2.45) is 16.1 Å². The smallest absolute Gasteiger partial charge is 0.407 e. The minimum absolute atomic E-state index is 0.0317. The summed E-state index contributed by atoms with van der Waals surface area (Å²) in [5.74, 6) is -0.781. The number of guanidine groups is 1. The van der Waals surface area contributed by atoms with E-state index in [0.717, 1.165) is 24.1 Å². The number of aromatic nitrogens is 4. The van der Waals surface area contributed by atoms with E-state index < -0.39 is 24.6 Å². The summed E-state index contributed by atoms with van der Waals surface area (Å²) in [4.78, 5) is 35.7. The Labute approximate surface area is 293 Å². The zero-order valence-corrected chi connectivity index (χ0v) is 29.3. The molecule has 2 heterocycles. The van der Waals surface area contributed by atoms with Crippen molar-refractivity contribution in [3.63, 3.8) is 0 Å². The van der Waals surface area contributed by atoms with Crippen LogP contribution >= 0.6 is 11.6 Å². The number of carbonyl (C=O) groups excluding carboxylic acids is 2. The highest BCUT2D eigenvalue weighted by Gasteiger charge is 2.32. The maximum atomic E-state index is 14.4. The Kier molecular flexibility index (Phi) is 14.0. The third kappa shape index (κ3) is 11.1. The molecule has 0 radical (unpaired) electrons. The van der Waals surface area contributed by atoms with Gasteiger partial charge in [-0.05, 0) is 53.6 Å². The van der Waals surface area contributed by atoms with E-state index in [2.05, 4.69) is 48.1 Å². The first kappa shape index (κ1) is 39.5. The monoisotopic (exact) mass is 720 g/mol. The van der Waals surface area contributed by atoms with Crippen molar-refractivity contribution in [3.8, 4) is 22.4 Å². The van der Waals surface area contributed by atoms with Gasteiger partial charge >= 0.3 is 12.6 Å². The second-order valence-corrected chi connectivity index (χ2v) is 13.1. The molecule has 50 heavy (non-hydrogen) atoms. The van der Waals surface area contributed by atoms with E-state index >= 15 is 0 Å². The van der Waals surface area contributed by atoms with Crippen LogP contribution in [0.1, 0.15) is 69.0 Å². The van der Waals surface area contributed by atoms with Gasteiger partial charge in [-0.15, -0.1) is 0 Å². The van der Waals surface area contributed by atoms with Gasteiger partial charge < -0.3 is 15.8 Å². The highest BCUT2D eigenvalue weighted by molar-refractivity contribution is 6.33. The van der Waals surface area contributed by atoms with Crippen LogP contribution in [0.15, 0.2) is 72.4 Å². The second-order valence-electron chi connectivity index (χ2n) is 12.7. The van der Waals surface area contributed by atoms with Crippen LogP contribution in [0, 0.1) is 5.41 Å². The number of hydrogen-bond donors (Lipinski definition) is 2. The molecule has 0 aliphatic heterocycles. The second kappa shape index (κ2) is 17.7. The molecule has 1 fully saturated rings. The van der Waals surface area contributed by atoms with E-state index in [1.807, 2.05) is 0 Å². The predicted molar refractivity (Wildman–Crippen MR) is 184 cm³/mol. The molecule has 1 aliphatic rings. The zero-order chi connectivity index (χ0) is 37.2. The van der Waals surface area contributed by atoms with Gasteiger partial charge in [-0.25, -0.2) is 14.5 Å². The van der Waals surface area contributed by atoms with E-state index in [0.29, 0.717) is 38.8 Å². The van der Waals surface area contributed by atoms with Crippen molar-refractivity contribution >= 4 is 29.6 Å². The number of rotatable bonds is 9. The lowest BCUT2D eigenvalue weighted by Crippen LogP contribution is -2.46. The number of imidazole rings is 1. The molecule has 11 nitrogen and oxygen atoms in total. The van der Waals surface area contributed by atoms with Crippen molar-refractivity contribution in [3.05, 3.63) is 83.5 Å². The van der Waals surface area contributed by atoms with Crippen LogP contribution in [0.2, 0.25) is 5.02 Å². The van der Waals surface area contributed by atoms with Crippen molar-refractivity contribution < 1.29 is 32.0 Å². The first-order valence-corrected chi connectivity index (χ1v) is 15.8. The van der Waals surface area contributed by atoms with Gasteiger partial charge in [-0.3, -0.25) is 19.1 Å². The summed E-state index contributed by atoms with van der Waals surface area (Å²) >= 11 is 6.39. The number of carbonyl (C=O) groups is 2. The molecule has 1 atom stereocenters. The normalized spacial score (nSPS) is 13.4. The highest BCUT2D eigenvalue weighted by atomic mass is 35.5. The Bertz CT molecular complexity index is 1750. The average Bonchev–Trinajstić information content (AvgIpc) is 3.55. The number of amides is 2. The van der Waals surface area contributed by atoms with E-state index in [-0.39, 0.29) is 40.5 Å². The van der Waals surface area contributed by atoms with E-state index in [9.17, 15) is 27.2 Å². The first-order chi connectivity index (χ1) is 23.7. The molecule has 0 unspecified atom stereocenters. The lowest BCUT2D eigenvalue weighted by atomic mass is 10.0. The molecule has 270 valence electrons. The van der Waals surface area contributed by atoms with Gasteiger partial charge in [0, 0.05) is 36.0 Å². The number of alkyl halides is 3. The van der Waals surface area contributed by atoms with E-state index in [4.69, 9.17) is 22.1 Å². The van der Waals surface area contributed by atoms with Gasteiger partial charge in [-0.1, -0.05) is 62.0 Å². The van der Waals surface area contributed by atoms with E-state index in [1.165, 1.54) is 43.8 Å². The topological polar surface area (TPSA) is 133 Å². The molecular formula is C34H41ClF4N8O3. The summed E-state index contributed by atoms with van der Waals surface area (Å²) in [6, 6.07) is 9.84. The summed E-state index contributed by atoms with van der Waals surface area (Å²) in [6.07, 6.45) is 5.76. The Hall–Kier alpha value is -4.92. The Morgan fingerprint density at radius 3 is 2.26 bits per heavy atom. The fourth-order valence-corrected chi connectivity index (χ4v) is 4.59. The third-order valence-electron chi connectivity index (χ3n) is 6.79. The number of ether oxygens (including phenoxy) is 1. The van der Waals surface area contributed by atoms with Crippen molar-refractivity contribution in [2.45, 2.75) is 59.2 Å². The number of nitrogens with two attached hydrogens (primary N) is 1. The summed E-state index contributed by atoms with van der Waals surface area (Å²) in [6.45, 7) is 5.63. The van der Waals surface area contributed by atoms with Crippen molar-refractivity contribution in [1.82, 2.24) is 29.8 Å². The molecule has 2 aromatic carbocycles. The molecule has 16 heteroatoms. The third-order valence-corrected chi connectivity index (χ3v) is 7.12. The fourth-order valence-electron chi connectivity index (χ4n) is 4.37. The van der Waals surface area contributed by atoms with Crippen molar-refractivity contribution in [1.29, 1.82) is 0 Å². The first-order valence-electron chi connectivity index (χ1n) is 15.4. The van der Waals surface area contributed by atoms with Gasteiger partial charge in [0.25, 0.3) is 5.91 Å². The molecule has 2 amide bonds. The number of halogens is 5. The number of alkyl carbamates (subject to hydrolysis) is 1. The molecule has 0 spiro atoms. The highest BCUT2D eigenvalue weighted by Crippen LogP contribution is 2.34. The SMILES string of the molecule is CC(C)(C)C.CF.CN=C(N)N(C(=O)c1ccc(-c2cnn(C(F)F)c2)cc1)[C@H](COC(=O)NC1CC1)c1ccc(Cl)c(-c2cncn2F)c1. The largest absolute Gasteiger partial charge is 0.447 e. The van der Waals surface area contributed by atoms with Crippen LogP contribution in [0.25, 0.3) is 22.4 Å². The van der Waals surface area contributed by atoms with Gasteiger partial charge in [0.15, 0.2) is 5.96 Å². The van der Waals surface area contributed by atoms with Crippen LogP contribution in [0.3, 0.4) is 0 Å². The number of nitrogens with zero attached hydrogens (tertiary/aromatic N) is 6. The van der Waals surface area contributed by atoms with E-state index in [1.54, 1.807) is 24.3 Å². The molecule has 2 aromatic heterocycles. The molecule has 1 aliphatic carbocycles. The zero-order valence-electron chi connectivity index (χ0n) is 28.6. The average molecular weight is 721 g/mol. The van der Waals surface area contributed by atoms with Gasteiger partial charge in [0.2, 0.25) is 0 Å². The van der Waals surface area contributed by atoms with Crippen LogP contribution < -0.4 is 11.1 Å². The van der Waals surface area contributed by atoms with Crippen molar-refractivity contribution in [2.75, 3.05) is 20.8 Å². The van der Waals surface area contributed by atoms with Gasteiger partial charge in [-0.2, -0.15) is 18.7 Å². The predicted octanol–water partition coefficient (Wildman–Crippen LogP) is 7.85. The number of hydrogen-bond acceptors (Lipinski definition) is 6. The molecule has 0 saturated heterocycles. The Morgan fingerprint density at radius 2 is 1.74 bits per heavy atom. The Balaban J connectivity index is 0.000000887. The minimum Gasteiger partial charge on any atom is -0.447 e. The van der Waals surface area contributed by atoms with Crippen LogP contribution in [0.5, 0.6) is 0 Å². The molecule has 3 N–H and O–H groups in total. The summed E-state index contributed by atoms with van der Waals surface area (Å²) in [5.41, 5.74) is 8.67. The number of nitrogens with one attached hydrogen (secondary N) is 1. The molecule has 5 rings (SSSR count).